The summed E-state index contributed by atoms with van der Waals surface area (Å²) in [6, 6.07) is 17.9. The van der Waals surface area contributed by atoms with E-state index in [1.54, 1.807) is 7.11 Å². The van der Waals surface area contributed by atoms with E-state index in [4.69, 9.17) is 9.72 Å². The lowest BCUT2D eigenvalue weighted by Crippen LogP contribution is -2.34. The van der Waals surface area contributed by atoms with Gasteiger partial charge in [0.15, 0.2) is 0 Å². The van der Waals surface area contributed by atoms with Crippen molar-refractivity contribution in [1.82, 2.24) is 9.55 Å². The van der Waals surface area contributed by atoms with Crippen molar-refractivity contribution in [2.24, 2.45) is 0 Å². The van der Waals surface area contributed by atoms with Crippen molar-refractivity contribution in [2.75, 3.05) is 7.11 Å². The highest BCUT2D eigenvalue weighted by Gasteiger charge is 2.42. The summed E-state index contributed by atoms with van der Waals surface area (Å²) in [7, 11) is 4.08. The SMILES string of the molecule is BCCCC(c1cccc(C(C)(C)C)c1)(c1ccccc1OC)c1nccn1CCCCCCCCCCCC. The predicted molar refractivity (Wildman–Crippen MR) is 175 cm³/mol. The van der Waals surface area contributed by atoms with Gasteiger partial charge < -0.3 is 9.30 Å². The molecule has 0 saturated heterocycles. The van der Waals surface area contributed by atoms with Crippen LogP contribution in [0.15, 0.2) is 60.9 Å². The third-order valence-electron chi connectivity index (χ3n) is 8.54. The fourth-order valence-corrected chi connectivity index (χ4v) is 6.12. The lowest BCUT2D eigenvalue weighted by atomic mass is 9.68. The average Bonchev–Trinajstić information content (AvgIpc) is 3.43. The van der Waals surface area contributed by atoms with Crippen molar-refractivity contribution in [1.29, 1.82) is 0 Å². The Morgan fingerprint density at radius 1 is 0.800 bits per heavy atom. The molecule has 0 spiro atoms. The molecule has 0 amide bonds. The van der Waals surface area contributed by atoms with Gasteiger partial charge in [-0.2, -0.15) is 0 Å². The molecule has 2 aromatic carbocycles. The first-order valence-corrected chi connectivity index (χ1v) is 16.1. The molecule has 218 valence electrons. The Morgan fingerprint density at radius 3 is 2.10 bits per heavy atom. The second-order valence-electron chi connectivity index (χ2n) is 12.7. The van der Waals surface area contributed by atoms with Crippen molar-refractivity contribution in [2.45, 2.75) is 128 Å². The van der Waals surface area contributed by atoms with Gasteiger partial charge in [-0.1, -0.05) is 141 Å². The minimum Gasteiger partial charge on any atom is -0.496 e. The molecule has 3 nitrogen and oxygen atoms in total. The highest BCUT2D eigenvalue weighted by molar-refractivity contribution is 6.08. The Kier molecular flexibility index (Phi) is 12.9. The smallest absolute Gasteiger partial charge is 0.123 e. The monoisotopic (exact) mass is 542 g/mol. The molecule has 1 heterocycles. The number of aryl methyl sites for hydroxylation is 1. The van der Waals surface area contributed by atoms with Crippen LogP contribution in [0.25, 0.3) is 0 Å². The van der Waals surface area contributed by atoms with Crippen LogP contribution in [-0.2, 0) is 17.4 Å². The van der Waals surface area contributed by atoms with Crippen LogP contribution in [0, 0.1) is 0 Å². The standard InChI is InChI=1S/C36H55BN2O/c1-6-7-8-9-10-11-12-13-14-17-27-39-28-26-38-34(39)36(24-19-25-37,32-22-15-16-23-33(32)40-5)31-21-18-20-30(29-31)35(2,3)4/h15-16,18,20-23,26,28-29H,6-14,17,19,24-25,27,37H2,1-5H3. The first-order valence-electron chi connectivity index (χ1n) is 16.1. The molecular formula is C36H55BN2O. The molecule has 0 N–H and O–H groups in total. The van der Waals surface area contributed by atoms with E-state index in [0.717, 1.165) is 37.3 Å². The third-order valence-corrected chi connectivity index (χ3v) is 8.54. The molecule has 4 heteroatoms. The minimum absolute atomic E-state index is 0.0682. The van der Waals surface area contributed by atoms with E-state index >= 15 is 0 Å². The van der Waals surface area contributed by atoms with Crippen LogP contribution in [0.4, 0.5) is 0 Å². The summed E-state index contributed by atoms with van der Waals surface area (Å²) in [6.45, 7) is 10.2. The van der Waals surface area contributed by atoms with E-state index in [9.17, 15) is 0 Å². The molecule has 3 aromatic rings. The van der Waals surface area contributed by atoms with E-state index < -0.39 is 0 Å². The van der Waals surface area contributed by atoms with Crippen molar-refractivity contribution in [3.63, 3.8) is 0 Å². The topological polar surface area (TPSA) is 27.1 Å². The molecule has 1 atom stereocenters. The maximum atomic E-state index is 6.02. The first kappa shape index (κ1) is 32.0. The van der Waals surface area contributed by atoms with E-state index in [1.807, 2.05) is 6.20 Å². The number of hydrogen-bond acceptors (Lipinski definition) is 2. The third kappa shape index (κ3) is 8.27. The minimum atomic E-state index is -0.383. The second kappa shape index (κ2) is 16.1. The molecule has 0 aliphatic rings. The number of nitrogens with zero attached hydrogens (tertiary/aromatic N) is 2. The first-order chi connectivity index (χ1) is 19.4. The van der Waals surface area contributed by atoms with Gasteiger partial charge in [-0.05, 0) is 35.4 Å². The zero-order valence-electron chi connectivity index (χ0n) is 26.5. The normalized spacial score (nSPS) is 13.3. The fraction of sp³-hybridized carbons (Fsp3) is 0.583. The van der Waals surface area contributed by atoms with Crippen LogP contribution < -0.4 is 4.74 Å². The van der Waals surface area contributed by atoms with Gasteiger partial charge in [0.2, 0.25) is 0 Å². The van der Waals surface area contributed by atoms with E-state index in [1.165, 1.54) is 80.9 Å². The van der Waals surface area contributed by atoms with Gasteiger partial charge in [-0.15, -0.1) is 0 Å². The summed E-state index contributed by atoms with van der Waals surface area (Å²) < 4.78 is 8.46. The van der Waals surface area contributed by atoms with Gasteiger partial charge in [-0.25, -0.2) is 4.98 Å². The summed E-state index contributed by atoms with van der Waals surface area (Å²) in [5.74, 6) is 2.08. The number of unbranched alkanes of at least 4 members (excludes halogenated alkanes) is 9. The largest absolute Gasteiger partial charge is 0.496 e. The van der Waals surface area contributed by atoms with Crippen LogP contribution in [0.3, 0.4) is 0 Å². The number of para-hydroxylation sites is 1. The van der Waals surface area contributed by atoms with Crippen LogP contribution >= 0.6 is 0 Å². The Labute approximate surface area is 246 Å². The maximum Gasteiger partial charge on any atom is 0.123 e. The summed E-state index contributed by atoms with van der Waals surface area (Å²) in [6.07, 6.45) is 20.9. The zero-order valence-corrected chi connectivity index (χ0v) is 26.5. The summed E-state index contributed by atoms with van der Waals surface area (Å²) >= 11 is 0. The van der Waals surface area contributed by atoms with Gasteiger partial charge in [-0.3, -0.25) is 0 Å². The van der Waals surface area contributed by atoms with E-state index in [-0.39, 0.29) is 10.8 Å². The van der Waals surface area contributed by atoms with Crippen LogP contribution in [-0.4, -0.2) is 24.5 Å². The number of imidazole rings is 1. The number of methoxy groups -OCH3 is 1. The number of aromatic nitrogens is 2. The van der Waals surface area contributed by atoms with Gasteiger partial charge in [0.25, 0.3) is 0 Å². The lowest BCUT2D eigenvalue weighted by Gasteiger charge is -2.37. The molecule has 0 fully saturated rings. The molecule has 0 aliphatic heterocycles. The van der Waals surface area contributed by atoms with Gasteiger partial charge in [0.1, 0.15) is 19.4 Å². The van der Waals surface area contributed by atoms with Crippen LogP contribution in [0.5, 0.6) is 5.75 Å². The molecule has 0 radical (unpaired) electrons. The Hall–Kier alpha value is -2.49. The highest BCUT2D eigenvalue weighted by Crippen LogP contribution is 2.47. The number of hydrogen-bond donors (Lipinski definition) is 0. The Balaban J connectivity index is 1.92. The van der Waals surface area contributed by atoms with E-state index in [0.29, 0.717) is 0 Å². The molecular weight excluding hydrogens is 487 g/mol. The Bertz CT molecular complexity index is 1130. The van der Waals surface area contributed by atoms with Gasteiger partial charge in [0, 0.05) is 24.5 Å². The molecule has 40 heavy (non-hydrogen) atoms. The summed E-state index contributed by atoms with van der Waals surface area (Å²) in [4.78, 5) is 5.13. The van der Waals surface area contributed by atoms with Crippen molar-refractivity contribution < 1.29 is 4.74 Å². The van der Waals surface area contributed by atoms with E-state index in [2.05, 4.69) is 94.8 Å². The molecule has 0 aliphatic carbocycles. The maximum absolute atomic E-state index is 6.02. The molecule has 3 rings (SSSR count). The quantitative estimate of drug-likeness (QED) is 0.118. The number of rotatable bonds is 18. The fourth-order valence-electron chi connectivity index (χ4n) is 6.12. The Morgan fingerprint density at radius 2 is 1.45 bits per heavy atom. The molecule has 1 aromatic heterocycles. The second-order valence-corrected chi connectivity index (χ2v) is 12.7. The summed E-state index contributed by atoms with van der Waals surface area (Å²) in [5.41, 5.74) is 3.57. The van der Waals surface area contributed by atoms with Gasteiger partial charge in [0.05, 0.1) is 12.5 Å². The number of ether oxygens (including phenoxy) is 1. The van der Waals surface area contributed by atoms with Crippen molar-refractivity contribution in [3.05, 3.63) is 83.4 Å². The molecule has 1 unspecified atom stereocenters. The molecule has 0 saturated carbocycles. The zero-order chi connectivity index (χ0) is 28.8. The summed E-state index contributed by atoms with van der Waals surface area (Å²) in [5, 5.41) is 0. The highest BCUT2D eigenvalue weighted by atomic mass is 16.5. The van der Waals surface area contributed by atoms with Gasteiger partial charge >= 0.3 is 0 Å². The number of benzene rings is 2. The molecule has 0 bridgehead atoms. The van der Waals surface area contributed by atoms with Crippen molar-refractivity contribution >= 4 is 7.85 Å². The van der Waals surface area contributed by atoms with Crippen LogP contribution in [0.1, 0.15) is 127 Å². The van der Waals surface area contributed by atoms with Crippen LogP contribution in [0.2, 0.25) is 6.32 Å². The lowest BCUT2D eigenvalue weighted by molar-refractivity contribution is 0.389. The van der Waals surface area contributed by atoms with Crippen molar-refractivity contribution in [3.8, 4) is 5.75 Å². The predicted octanol–water partition coefficient (Wildman–Crippen LogP) is 9.28. The average molecular weight is 543 g/mol.